The molecule has 0 unspecified atom stereocenters. The molecule has 4 heteroatoms. The van der Waals surface area contributed by atoms with Gasteiger partial charge in [-0.05, 0) is 41.8 Å². The molecule has 0 radical (unpaired) electrons. The zero-order valence-electron chi connectivity index (χ0n) is 10.3. The summed E-state index contributed by atoms with van der Waals surface area (Å²) < 4.78 is 1.34. The van der Waals surface area contributed by atoms with E-state index in [1.54, 1.807) is 11.3 Å². The quantitative estimate of drug-likeness (QED) is 0.754. The topological polar surface area (TPSA) is 55.1 Å². The Morgan fingerprint density at radius 2 is 2.11 bits per heavy atom. The second kappa shape index (κ2) is 6.52. The van der Waals surface area contributed by atoms with Crippen LogP contribution >= 0.6 is 11.3 Å². The second-order valence-corrected chi connectivity index (χ2v) is 5.27. The molecular formula is C14H18N2OS. The molecule has 96 valence electrons. The van der Waals surface area contributed by atoms with E-state index < -0.39 is 0 Å². The summed E-state index contributed by atoms with van der Waals surface area (Å²) in [4.78, 5) is 10.6. The minimum Gasteiger partial charge on any atom is -0.370 e. The molecule has 2 rings (SSSR count). The van der Waals surface area contributed by atoms with Crippen molar-refractivity contribution < 1.29 is 4.79 Å². The van der Waals surface area contributed by atoms with Gasteiger partial charge in [0.25, 0.3) is 0 Å². The van der Waals surface area contributed by atoms with E-state index in [9.17, 15) is 4.79 Å². The van der Waals surface area contributed by atoms with Crippen molar-refractivity contribution in [2.45, 2.75) is 25.8 Å². The van der Waals surface area contributed by atoms with Gasteiger partial charge in [0.05, 0.1) is 0 Å². The number of amides is 1. The monoisotopic (exact) mass is 262 g/mol. The number of fused-ring (bicyclic) bond motifs is 1. The molecule has 2 aromatic rings. The fourth-order valence-electron chi connectivity index (χ4n) is 1.94. The van der Waals surface area contributed by atoms with Crippen molar-refractivity contribution in [2.75, 3.05) is 6.54 Å². The SMILES string of the molecule is NC(=O)CCCCNCc1csc2ccccc12. The van der Waals surface area contributed by atoms with E-state index in [0.717, 1.165) is 25.9 Å². The fraction of sp³-hybridized carbons (Fsp3) is 0.357. The molecule has 18 heavy (non-hydrogen) atoms. The zero-order valence-corrected chi connectivity index (χ0v) is 11.1. The molecule has 0 aliphatic heterocycles. The van der Waals surface area contributed by atoms with Crippen molar-refractivity contribution in [1.82, 2.24) is 5.32 Å². The summed E-state index contributed by atoms with van der Waals surface area (Å²) in [7, 11) is 0. The van der Waals surface area contributed by atoms with Crippen molar-refractivity contribution in [3.8, 4) is 0 Å². The summed E-state index contributed by atoms with van der Waals surface area (Å²) in [6.45, 7) is 1.82. The summed E-state index contributed by atoms with van der Waals surface area (Å²) in [5.74, 6) is -0.209. The predicted molar refractivity (Wildman–Crippen MR) is 76.6 cm³/mol. The molecule has 0 fully saturated rings. The maximum atomic E-state index is 10.6. The number of unbranched alkanes of at least 4 members (excludes halogenated alkanes) is 1. The van der Waals surface area contributed by atoms with Crippen LogP contribution in [0.1, 0.15) is 24.8 Å². The smallest absolute Gasteiger partial charge is 0.217 e. The molecule has 1 amide bonds. The van der Waals surface area contributed by atoms with Crippen LogP contribution in [0.3, 0.4) is 0 Å². The van der Waals surface area contributed by atoms with Gasteiger partial charge in [-0.3, -0.25) is 4.79 Å². The van der Waals surface area contributed by atoms with Crippen molar-refractivity contribution in [1.29, 1.82) is 0 Å². The van der Waals surface area contributed by atoms with Crippen molar-refractivity contribution in [2.24, 2.45) is 5.73 Å². The number of carbonyl (C=O) groups excluding carboxylic acids is 1. The van der Waals surface area contributed by atoms with Crippen LogP contribution in [0, 0.1) is 0 Å². The van der Waals surface area contributed by atoms with Gasteiger partial charge in [0, 0.05) is 17.7 Å². The Morgan fingerprint density at radius 1 is 1.28 bits per heavy atom. The third kappa shape index (κ3) is 3.55. The lowest BCUT2D eigenvalue weighted by Crippen LogP contribution is -2.16. The first-order valence-corrected chi connectivity index (χ1v) is 7.09. The number of primary amides is 1. The van der Waals surface area contributed by atoms with Gasteiger partial charge in [0.2, 0.25) is 5.91 Å². The van der Waals surface area contributed by atoms with E-state index in [1.165, 1.54) is 15.6 Å². The molecule has 1 heterocycles. The average molecular weight is 262 g/mol. The Kier molecular flexibility index (Phi) is 4.73. The van der Waals surface area contributed by atoms with Crippen molar-refractivity contribution >= 4 is 27.3 Å². The molecule has 1 aromatic heterocycles. The van der Waals surface area contributed by atoms with E-state index >= 15 is 0 Å². The number of hydrogen-bond acceptors (Lipinski definition) is 3. The number of carbonyl (C=O) groups is 1. The molecule has 3 nitrogen and oxygen atoms in total. The lowest BCUT2D eigenvalue weighted by atomic mass is 10.2. The Morgan fingerprint density at radius 3 is 2.94 bits per heavy atom. The normalized spacial score (nSPS) is 10.9. The highest BCUT2D eigenvalue weighted by Gasteiger charge is 2.02. The minimum atomic E-state index is -0.209. The van der Waals surface area contributed by atoms with Crippen LogP contribution < -0.4 is 11.1 Å². The number of nitrogens with one attached hydrogen (secondary N) is 1. The van der Waals surface area contributed by atoms with E-state index in [0.29, 0.717) is 6.42 Å². The van der Waals surface area contributed by atoms with Crippen LogP contribution in [0.15, 0.2) is 29.6 Å². The second-order valence-electron chi connectivity index (χ2n) is 4.36. The predicted octanol–water partition coefficient (Wildman–Crippen LogP) is 2.65. The molecule has 0 aliphatic carbocycles. The van der Waals surface area contributed by atoms with E-state index in [1.807, 2.05) is 0 Å². The molecule has 3 N–H and O–H groups in total. The molecule has 0 bridgehead atoms. The number of benzene rings is 1. The number of rotatable bonds is 7. The maximum Gasteiger partial charge on any atom is 0.217 e. The van der Waals surface area contributed by atoms with Crippen molar-refractivity contribution in [3.05, 3.63) is 35.2 Å². The van der Waals surface area contributed by atoms with Gasteiger partial charge < -0.3 is 11.1 Å². The minimum absolute atomic E-state index is 0.209. The van der Waals surface area contributed by atoms with E-state index in [2.05, 4.69) is 35.0 Å². The first-order valence-electron chi connectivity index (χ1n) is 6.21. The third-order valence-electron chi connectivity index (χ3n) is 2.90. The summed E-state index contributed by atoms with van der Waals surface area (Å²) in [6, 6.07) is 8.46. The Labute approximate surface area is 111 Å². The molecule has 0 atom stereocenters. The van der Waals surface area contributed by atoms with Gasteiger partial charge in [-0.15, -0.1) is 11.3 Å². The highest BCUT2D eigenvalue weighted by atomic mass is 32.1. The van der Waals surface area contributed by atoms with Crippen LogP contribution in [0.4, 0.5) is 0 Å². The molecule has 0 spiro atoms. The first-order chi connectivity index (χ1) is 8.77. The lowest BCUT2D eigenvalue weighted by Gasteiger charge is -2.03. The Hall–Kier alpha value is -1.39. The summed E-state index contributed by atoms with van der Waals surface area (Å²) in [6.07, 6.45) is 2.35. The summed E-state index contributed by atoms with van der Waals surface area (Å²) >= 11 is 1.78. The van der Waals surface area contributed by atoms with Crippen LogP contribution in [0.2, 0.25) is 0 Å². The average Bonchev–Trinajstić information content (AvgIpc) is 2.77. The zero-order chi connectivity index (χ0) is 12.8. The number of thiophene rings is 1. The van der Waals surface area contributed by atoms with Gasteiger partial charge >= 0.3 is 0 Å². The van der Waals surface area contributed by atoms with Gasteiger partial charge in [-0.2, -0.15) is 0 Å². The summed E-state index contributed by atoms with van der Waals surface area (Å²) in [5.41, 5.74) is 6.44. The molecule has 0 saturated carbocycles. The lowest BCUT2D eigenvalue weighted by molar-refractivity contribution is -0.118. The van der Waals surface area contributed by atoms with Gasteiger partial charge in [-0.1, -0.05) is 18.2 Å². The van der Waals surface area contributed by atoms with E-state index in [-0.39, 0.29) is 5.91 Å². The van der Waals surface area contributed by atoms with Crippen LogP contribution in [-0.4, -0.2) is 12.5 Å². The fourth-order valence-corrected chi connectivity index (χ4v) is 2.90. The highest BCUT2D eigenvalue weighted by molar-refractivity contribution is 7.17. The molecule has 0 saturated heterocycles. The standard InChI is InChI=1S/C14H18N2OS/c15-14(17)7-3-4-8-16-9-11-10-18-13-6-2-1-5-12(11)13/h1-2,5-6,10,16H,3-4,7-9H2,(H2,15,17). The first kappa shape index (κ1) is 13.1. The van der Waals surface area contributed by atoms with Crippen molar-refractivity contribution in [3.63, 3.8) is 0 Å². The number of nitrogens with two attached hydrogens (primary N) is 1. The maximum absolute atomic E-state index is 10.6. The van der Waals surface area contributed by atoms with Crippen LogP contribution in [-0.2, 0) is 11.3 Å². The summed E-state index contributed by atoms with van der Waals surface area (Å²) in [5, 5.41) is 6.96. The molecule has 0 aliphatic rings. The Balaban J connectivity index is 1.75. The number of hydrogen-bond donors (Lipinski definition) is 2. The van der Waals surface area contributed by atoms with E-state index in [4.69, 9.17) is 5.73 Å². The van der Waals surface area contributed by atoms with Gasteiger partial charge in [-0.25, -0.2) is 0 Å². The molecular weight excluding hydrogens is 244 g/mol. The van der Waals surface area contributed by atoms with Gasteiger partial charge in [0.1, 0.15) is 0 Å². The van der Waals surface area contributed by atoms with Crippen LogP contribution in [0.25, 0.3) is 10.1 Å². The third-order valence-corrected chi connectivity index (χ3v) is 3.92. The Bertz CT molecular complexity index is 521. The van der Waals surface area contributed by atoms with Gasteiger partial charge in [0.15, 0.2) is 0 Å². The van der Waals surface area contributed by atoms with Crippen LogP contribution in [0.5, 0.6) is 0 Å². The highest BCUT2D eigenvalue weighted by Crippen LogP contribution is 2.25. The molecule has 1 aromatic carbocycles. The largest absolute Gasteiger partial charge is 0.370 e.